The van der Waals surface area contributed by atoms with Gasteiger partial charge in [0, 0.05) is 25.6 Å². The lowest BCUT2D eigenvalue weighted by Crippen LogP contribution is -2.42. The monoisotopic (exact) mass is 330 g/mol. The van der Waals surface area contributed by atoms with E-state index >= 15 is 0 Å². The van der Waals surface area contributed by atoms with Crippen molar-refractivity contribution in [1.29, 1.82) is 0 Å². The third-order valence-electron chi connectivity index (χ3n) is 5.01. The van der Waals surface area contributed by atoms with Gasteiger partial charge in [0.25, 0.3) is 0 Å². The number of fused-ring (bicyclic) bond motifs is 1. The Morgan fingerprint density at radius 1 is 1.17 bits per heavy atom. The second-order valence-corrected chi connectivity index (χ2v) is 7.13. The number of piperidine rings is 1. The summed E-state index contributed by atoms with van der Waals surface area (Å²) in [6.45, 7) is 9.91. The van der Waals surface area contributed by atoms with Gasteiger partial charge in [-0.1, -0.05) is 27.2 Å². The zero-order chi connectivity index (χ0) is 17.1. The molecule has 132 valence electrons. The van der Waals surface area contributed by atoms with Crippen LogP contribution >= 0.6 is 0 Å². The zero-order valence-corrected chi connectivity index (χ0v) is 15.4. The number of aryl methyl sites for hydroxylation is 1. The average molecular weight is 330 g/mol. The molecule has 3 heterocycles. The Bertz CT molecular complexity index is 671. The van der Waals surface area contributed by atoms with Crippen LogP contribution in [0, 0.1) is 0 Å². The van der Waals surface area contributed by atoms with Crippen molar-refractivity contribution in [3.05, 3.63) is 12.0 Å². The van der Waals surface area contributed by atoms with E-state index in [-0.39, 0.29) is 0 Å². The Morgan fingerprint density at radius 2 is 1.92 bits per heavy atom. The summed E-state index contributed by atoms with van der Waals surface area (Å²) in [4.78, 5) is 12.1. The Kier molecular flexibility index (Phi) is 5.33. The van der Waals surface area contributed by atoms with Gasteiger partial charge in [-0.05, 0) is 32.4 Å². The fourth-order valence-corrected chi connectivity index (χ4v) is 3.46. The van der Waals surface area contributed by atoms with Crippen LogP contribution in [0.25, 0.3) is 11.0 Å². The van der Waals surface area contributed by atoms with Crippen LogP contribution in [0.2, 0.25) is 0 Å². The molecule has 6 nitrogen and oxygen atoms in total. The van der Waals surface area contributed by atoms with E-state index in [0.29, 0.717) is 12.0 Å². The predicted molar refractivity (Wildman–Crippen MR) is 98.4 cm³/mol. The Morgan fingerprint density at radius 3 is 2.58 bits per heavy atom. The summed E-state index contributed by atoms with van der Waals surface area (Å²) in [6.07, 6.45) is 7.05. The van der Waals surface area contributed by atoms with Gasteiger partial charge in [0.2, 0.25) is 0 Å². The number of aromatic nitrogens is 4. The van der Waals surface area contributed by atoms with Crippen LogP contribution in [-0.4, -0.2) is 50.3 Å². The molecule has 0 amide bonds. The molecule has 1 fully saturated rings. The van der Waals surface area contributed by atoms with Crippen molar-refractivity contribution < 1.29 is 0 Å². The van der Waals surface area contributed by atoms with Gasteiger partial charge in [-0.25, -0.2) is 9.97 Å². The second kappa shape index (κ2) is 7.47. The van der Waals surface area contributed by atoms with E-state index in [1.807, 2.05) is 17.9 Å². The van der Waals surface area contributed by atoms with E-state index in [1.165, 1.54) is 32.4 Å². The molecular formula is C18H30N6. The first-order chi connectivity index (χ1) is 11.6. The van der Waals surface area contributed by atoms with Crippen molar-refractivity contribution in [2.75, 3.05) is 25.0 Å². The lowest BCUT2D eigenvalue weighted by Gasteiger charge is -2.34. The molecule has 0 aromatic carbocycles. The molecule has 2 aromatic heterocycles. The molecule has 1 unspecified atom stereocenters. The van der Waals surface area contributed by atoms with E-state index in [1.54, 1.807) is 0 Å². The minimum Gasteiger partial charge on any atom is -0.368 e. The number of nitrogens with zero attached hydrogens (tertiary/aromatic N) is 5. The van der Waals surface area contributed by atoms with Crippen molar-refractivity contribution in [3.8, 4) is 0 Å². The molecule has 2 aromatic rings. The molecule has 1 saturated heterocycles. The maximum atomic E-state index is 4.77. The van der Waals surface area contributed by atoms with Crippen molar-refractivity contribution in [3.63, 3.8) is 0 Å². The fraction of sp³-hybridized carbons (Fsp3) is 0.722. The van der Waals surface area contributed by atoms with Gasteiger partial charge < -0.3 is 5.32 Å². The van der Waals surface area contributed by atoms with Crippen LogP contribution in [0.15, 0.2) is 6.20 Å². The maximum Gasteiger partial charge on any atom is 0.163 e. The van der Waals surface area contributed by atoms with Crippen molar-refractivity contribution in [1.82, 2.24) is 24.6 Å². The summed E-state index contributed by atoms with van der Waals surface area (Å²) < 4.78 is 1.83. The van der Waals surface area contributed by atoms with Gasteiger partial charge in [-0.2, -0.15) is 5.10 Å². The Hall–Kier alpha value is -1.69. The first-order valence-electron chi connectivity index (χ1n) is 9.27. The molecule has 1 aliphatic heterocycles. The van der Waals surface area contributed by atoms with Crippen LogP contribution < -0.4 is 5.32 Å². The maximum absolute atomic E-state index is 4.77. The number of likely N-dealkylation sites (tertiary alicyclic amines) is 1. The van der Waals surface area contributed by atoms with Gasteiger partial charge in [-0.3, -0.25) is 9.58 Å². The molecule has 6 heteroatoms. The van der Waals surface area contributed by atoms with Crippen LogP contribution in [0.5, 0.6) is 0 Å². The van der Waals surface area contributed by atoms with Crippen LogP contribution in [-0.2, 0) is 7.05 Å². The predicted octanol–water partition coefficient (Wildman–Crippen LogP) is 3.16. The van der Waals surface area contributed by atoms with Crippen molar-refractivity contribution in [2.24, 2.45) is 7.05 Å². The Labute approximate surface area is 144 Å². The van der Waals surface area contributed by atoms with Crippen molar-refractivity contribution in [2.45, 2.75) is 58.4 Å². The number of hydrogen-bond donors (Lipinski definition) is 1. The van der Waals surface area contributed by atoms with E-state index in [2.05, 4.69) is 41.1 Å². The largest absolute Gasteiger partial charge is 0.368 e. The Balaban J connectivity index is 1.80. The highest BCUT2D eigenvalue weighted by molar-refractivity contribution is 5.86. The lowest BCUT2D eigenvalue weighted by molar-refractivity contribution is 0.166. The highest BCUT2D eigenvalue weighted by Gasteiger charge is 2.20. The molecular weight excluding hydrogens is 300 g/mol. The van der Waals surface area contributed by atoms with Gasteiger partial charge in [-0.15, -0.1) is 0 Å². The third kappa shape index (κ3) is 3.53. The molecule has 0 aliphatic carbocycles. The standard InChI is InChI=1S/C18H30N6/c1-5-14(24-9-7-6-8-10-24)11-19-17-15-12-20-23(4)18(15)22-16(21-17)13(2)3/h12-14H,5-11H2,1-4H3,(H,19,21,22). The minimum atomic E-state index is 0.300. The molecule has 1 atom stereocenters. The normalized spacial score (nSPS) is 17.5. The molecule has 0 radical (unpaired) electrons. The smallest absolute Gasteiger partial charge is 0.163 e. The van der Waals surface area contributed by atoms with Crippen LogP contribution in [0.3, 0.4) is 0 Å². The van der Waals surface area contributed by atoms with E-state index in [4.69, 9.17) is 4.98 Å². The van der Waals surface area contributed by atoms with Gasteiger partial charge in [0.05, 0.1) is 11.6 Å². The van der Waals surface area contributed by atoms with Gasteiger partial charge >= 0.3 is 0 Å². The molecule has 0 saturated carbocycles. The quantitative estimate of drug-likeness (QED) is 0.881. The molecule has 1 aliphatic rings. The van der Waals surface area contributed by atoms with E-state index < -0.39 is 0 Å². The number of nitrogens with one attached hydrogen (secondary N) is 1. The molecule has 0 spiro atoms. The SMILES string of the molecule is CCC(CNc1nc(C(C)C)nc2c1cnn2C)N1CCCCC1. The summed E-state index contributed by atoms with van der Waals surface area (Å²) in [5.74, 6) is 2.10. The summed E-state index contributed by atoms with van der Waals surface area (Å²) in [5.41, 5.74) is 0.905. The van der Waals surface area contributed by atoms with Crippen molar-refractivity contribution >= 4 is 16.9 Å². The van der Waals surface area contributed by atoms with Gasteiger partial charge in [0.15, 0.2) is 5.65 Å². The van der Waals surface area contributed by atoms with Crippen LogP contribution in [0.4, 0.5) is 5.82 Å². The molecule has 1 N–H and O–H groups in total. The molecule has 3 rings (SSSR count). The third-order valence-corrected chi connectivity index (χ3v) is 5.01. The lowest BCUT2D eigenvalue weighted by atomic mass is 10.1. The highest BCUT2D eigenvalue weighted by Crippen LogP contribution is 2.23. The van der Waals surface area contributed by atoms with Gasteiger partial charge in [0.1, 0.15) is 11.6 Å². The average Bonchev–Trinajstić information content (AvgIpc) is 2.97. The second-order valence-electron chi connectivity index (χ2n) is 7.13. The fourth-order valence-electron chi connectivity index (χ4n) is 3.46. The highest BCUT2D eigenvalue weighted by atomic mass is 15.3. The zero-order valence-electron chi connectivity index (χ0n) is 15.4. The van der Waals surface area contributed by atoms with E-state index in [0.717, 1.165) is 35.6 Å². The molecule has 24 heavy (non-hydrogen) atoms. The summed E-state index contributed by atoms with van der Waals surface area (Å²) in [7, 11) is 1.94. The number of anilines is 1. The summed E-state index contributed by atoms with van der Waals surface area (Å²) in [6, 6.07) is 0.564. The summed E-state index contributed by atoms with van der Waals surface area (Å²) in [5, 5.41) is 8.97. The minimum absolute atomic E-state index is 0.300. The topological polar surface area (TPSA) is 58.9 Å². The van der Waals surface area contributed by atoms with Crippen LogP contribution in [0.1, 0.15) is 58.2 Å². The summed E-state index contributed by atoms with van der Waals surface area (Å²) >= 11 is 0. The number of hydrogen-bond acceptors (Lipinski definition) is 5. The molecule has 0 bridgehead atoms. The number of rotatable bonds is 6. The first-order valence-corrected chi connectivity index (χ1v) is 9.27. The first kappa shape index (κ1) is 17.1. The van der Waals surface area contributed by atoms with E-state index in [9.17, 15) is 0 Å².